The van der Waals surface area contributed by atoms with Gasteiger partial charge in [0.25, 0.3) is 0 Å². The number of anilines is 1. The molecule has 0 radical (unpaired) electrons. The number of nitrogens with zero attached hydrogens (tertiary/aromatic N) is 2. The number of aliphatic hydroxyl groups is 1. The highest BCUT2D eigenvalue weighted by Crippen LogP contribution is 2.41. The molecule has 3 aromatic rings. The molecule has 1 aliphatic rings. The van der Waals surface area contributed by atoms with Crippen LogP contribution in [-0.2, 0) is 10.2 Å². The van der Waals surface area contributed by atoms with Crippen molar-refractivity contribution in [3.63, 3.8) is 0 Å². The Bertz CT molecular complexity index is 1060. The van der Waals surface area contributed by atoms with Crippen molar-refractivity contribution in [1.82, 2.24) is 4.98 Å². The summed E-state index contributed by atoms with van der Waals surface area (Å²) in [7, 11) is 0. The summed E-state index contributed by atoms with van der Waals surface area (Å²) in [6, 6.07) is 17.8. The predicted molar refractivity (Wildman–Crippen MR) is 111 cm³/mol. The number of carbonyl (C=O) groups excluding carboxylic acids is 1. The Kier molecular flexibility index (Phi) is 5.59. The average molecular weight is 408 g/mol. The Morgan fingerprint density at radius 2 is 1.77 bits per heavy atom. The van der Waals surface area contributed by atoms with Gasteiger partial charge in [-0.25, -0.2) is 13.8 Å². The van der Waals surface area contributed by atoms with Gasteiger partial charge >= 0.3 is 0 Å². The van der Waals surface area contributed by atoms with Gasteiger partial charge in [-0.3, -0.25) is 9.69 Å². The maximum Gasteiger partial charge on any atom is 0.229 e. The number of aromatic nitrogens is 1. The van der Waals surface area contributed by atoms with Crippen LogP contribution in [0.25, 0.3) is 11.3 Å². The van der Waals surface area contributed by atoms with Gasteiger partial charge in [-0.1, -0.05) is 24.3 Å². The molecule has 1 atom stereocenters. The molecule has 2 heterocycles. The largest absolute Gasteiger partial charge is 0.396 e. The van der Waals surface area contributed by atoms with Crippen molar-refractivity contribution in [2.24, 2.45) is 0 Å². The van der Waals surface area contributed by atoms with E-state index in [0.29, 0.717) is 36.5 Å². The maximum atomic E-state index is 14.5. The number of hydrogen-bond donors (Lipinski definition) is 1. The molecule has 2 aromatic carbocycles. The van der Waals surface area contributed by atoms with Gasteiger partial charge in [0.1, 0.15) is 17.5 Å². The van der Waals surface area contributed by atoms with Crippen LogP contribution in [0, 0.1) is 11.6 Å². The van der Waals surface area contributed by atoms with Crippen LogP contribution < -0.4 is 4.90 Å². The number of rotatable bonds is 5. The fourth-order valence-corrected chi connectivity index (χ4v) is 4.20. The summed E-state index contributed by atoms with van der Waals surface area (Å²) >= 11 is 0. The number of benzene rings is 2. The first-order valence-electron chi connectivity index (χ1n) is 9.92. The summed E-state index contributed by atoms with van der Waals surface area (Å²) < 4.78 is 27.7. The van der Waals surface area contributed by atoms with Crippen molar-refractivity contribution in [3.8, 4) is 11.3 Å². The number of aliphatic hydroxyl groups excluding tert-OH is 1. The van der Waals surface area contributed by atoms with Crippen LogP contribution in [0.1, 0.15) is 24.8 Å². The van der Waals surface area contributed by atoms with Crippen molar-refractivity contribution in [3.05, 3.63) is 83.9 Å². The van der Waals surface area contributed by atoms with Crippen molar-refractivity contribution < 1.29 is 18.7 Å². The van der Waals surface area contributed by atoms with E-state index in [1.54, 1.807) is 53.4 Å². The molecule has 0 aliphatic carbocycles. The van der Waals surface area contributed by atoms with E-state index >= 15 is 0 Å². The van der Waals surface area contributed by atoms with E-state index in [4.69, 9.17) is 0 Å². The lowest BCUT2D eigenvalue weighted by Gasteiger charge is -2.41. The molecule has 1 fully saturated rings. The summed E-state index contributed by atoms with van der Waals surface area (Å²) in [4.78, 5) is 19.3. The molecule has 6 heteroatoms. The Balaban J connectivity index is 1.62. The first-order chi connectivity index (χ1) is 14.5. The monoisotopic (exact) mass is 408 g/mol. The third-order valence-electron chi connectivity index (χ3n) is 5.79. The second-order valence-electron chi connectivity index (χ2n) is 7.59. The second-order valence-corrected chi connectivity index (χ2v) is 7.59. The molecule has 0 unspecified atom stereocenters. The van der Waals surface area contributed by atoms with Crippen LogP contribution >= 0.6 is 0 Å². The highest BCUT2D eigenvalue weighted by Gasteiger charge is 2.42. The van der Waals surface area contributed by atoms with E-state index < -0.39 is 5.41 Å². The van der Waals surface area contributed by atoms with Crippen LogP contribution in [-0.4, -0.2) is 29.1 Å². The van der Waals surface area contributed by atoms with Crippen LogP contribution in [0.5, 0.6) is 0 Å². The first kappa shape index (κ1) is 20.2. The molecule has 1 amide bonds. The topological polar surface area (TPSA) is 53.4 Å². The van der Waals surface area contributed by atoms with E-state index in [2.05, 4.69) is 4.98 Å². The van der Waals surface area contributed by atoms with E-state index in [1.165, 1.54) is 18.2 Å². The lowest BCUT2D eigenvalue weighted by molar-refractivity contribution is -0.121. The van der Waals surface area contributed by atoms with Gasteiger partial charge in [-0.15, -0.1) is 0 Å². The maximum absolute atomic E-state index is 14.5. The number of hydrogen-bond acceptors (Lipinski definition) is 3. The third-order valence-corrected chi connectivity index (χ3v) is 5.79. The molecule has 4 nitrogen and oxygen atoms in total. The van der Waals surface area contributed by atoms with Gasteiger partial charge < -0.3 is 5.11 Å². The minimum Gasteiger partial charge on any atom is -0.396 e. The fourth-order valence-electron chi connectivity index (χ4n) is 4.20. The van der Waals surface area contributed by atoms with Crippen LogP contribution in [0.3, 0.4) is 0 Å². The molecule has 0 saturated carbocycles. The Hall–Kier alpha value is -3.12. The lowest BCUT2D eigenvalue weighted by atomic mass is 9.70. The van der Waals surface area contributed by atoms with E-state index in [9.17, 15) is 18.7 Å². The molecule has 1 aliphatic heterocycles. The molecule has 0 spiro atoms. The summed E-state index contributed by atoms with van der Waals surface area (Å²) in [5.74, 6) is -0.340. The molecule has 1 aromatic heterocycles. The Labute approximate surface area is 173 Å². The number of piperidine rings is 1. The summed E-state index contributed by atoms with van der Waals surface area (Å²) in [5, 5.41) is 9.60. The zero-order valence-electron chi connectivity index (χ0n) is 16.4. The fraction of sp³-hybridized carbons (Fsp3) is 0.250. The van der Waals surface area contributed by atoms with Crippen molar-refractivity contribution in [2.45, 2.75) is 24.7 Å². The van der Waals surface area contributed by atoms with E-state index in [-0.39, 0.29) is 30.6 Å². The summed E-state index contributed by atoms with van der Waals surface area (Å²) in [6.07, 6.45) is 0.927. The highest BCUT2D eigenvalue weighted by molar-refractivity contribution is 5.94. The van der Waals surface area contributed by atoms with Crippen LogP contribution in [0.2, 0.25) is 0 Å². The zero-order valence-corrected chi connectivity index (χ0v) is 16.4. The summed E-state index contributed by atoms with van der Waals surface area (Å²) in [6.45, 7) is 0.243. The summed E-state index contributed by atoms with van der Waals surface area (Å²) in [5.41, 5.74) is 1.13. The minimum atomic E-state index is -0.734. The van der Waals surface area contributed by atoms with Crippen molar-refractivity contribution >= 4 is 11.7 Å². The van der Waals surface area contributed by atoms with Gasteiger partial charge in [-0.05, 0) is 60.9 Å². The smallest absolute Gasteiger partial charge is 0.229 e. The van der Waals surface area contributed by atoms with Gasteiger partial charge in [0.15, 0.2) is 0 Å². The molecular formula is C24H22F2N2O2. The quantitative estimate of drug-likeness (QED) is 0.678. The lowest BCUT2D eigenvalue weighted by Crippen LogP contribution is -2.47. The molecule has 0 bridgehead atoms. The normalized spacial score (nSPS) is 19.2. The van der Waals surface area contributed by atoms with Gasteiger partial charge in [-0.2, -0.15) is 0 Å². The predicted octanol–water partition coefficient (Wildman–Crippen LogP) is 4.47. The molecular weight excluding hydrogens is 386 g/mol. The molecule has 154 valence electrons. The van der Waals surface area contributed by atoms with Crippen LogP contribution in [0.4, 0.5) is 14.6 Å². The molecule has 1 N–H and O–H groups in total. The SMILES string of the molecule is O=C1C[C@@](CCO)(c2ccccc2F)CCN1c1cccc(-c2ccc(F)cc2)n1. The number of halogens is 2. The highest BCUT2D eigenvalue weighted by atomic mass is 19.1. The molecule has 30 heavy (non-hydrogen) atoms. The van der Waals surface area contributed by atoms with Crippen LogP contribution in [0.15, 0.2) is 66.7 Å². The van der Waals surface area contributed by atoms with Gasteiger partial charge in [0.05, 0.1) is 5.69 Å². The first-order valence-corrected chi connectivity index (χ1v) is 9.92. The third kappa shape index (κ3) is 3.83. The Morgan fingerprint density at radius 1 is 1.00 bits per heavy atom. The Morgan fingerprint density at radius 3 is 2.47 bits per heavy atom. The standard InChI is InChI=1S/C24H22F2N2O2/c25-18-10-8-17(9-11-18)21-6-3-7-22(27-21)28-14-12-24(13-15-29,16-23(28)30)19-4-1-2-5-20(19)26/h1-11,29H,12-16H2/t24-/m1/s1. The average Bonchev–Trinajstić information content (AvgIpc) is 2.75. The van der Waals surface area contributed by atoms with Gasteiger partial charge in [0.2, 0.25) is 5.91 Å². The van der Waals surface area contributed by atoms with Gasteiger partial charge in [0, 0.05) is 30.6 Å². The van der Waals surface area contributed by atoms with E-state index in [1.807, 2.05) is 0 Å². The number of pyridine rings is 1. The molecule has 4 rings (SSSR count). The van der Waals surface area contributed by atoms with Crippen molar-refractivity contribution in [2.75, 3.05) is 18.1 Å². The molecule has 1 saturated heterocycles. The number of carbonyl (C=O) groups is 1. The zero-order chi connectivity index (χ0) is 21.1. The minimum absolute atomic E-state index is 0.0942. The second kappa shape index (κ2) is 8.32. The van der Waals surface area contributed by atoms with Crippen molar-refractivity contribution in [1.29, 1.82) is 0 Å². The van der Waals surface area contributed by atoms with E-state index in [0.717, 1.165) is 5.56 Å². The number of amides is 1.